The van der Waals surface area contributed by atoms with Gasteiger partial charge < -0.3 is 14.2 Å². The van der Waals surface area contributed by atoms with Gasteiger partial charge in [0, 0.05) is 6.20 Å². The van der Waals surface area contributed by atoms with E-state index in [4.69, 9.17) is 14.2 Å². The van der Waals surface area contributed by atoms with Gasteiger partial charge in [-0.15, -0.1) is 0 Å². The molecule has 1 amide bonds. The molecule has 0 saturated carbocycles. The summed E-state index contributed by atoms with van der Waals surface area (Å²) in [4.78, 5) is 30.3. The predicted molar refractivity (Wildman–Crippen MR) is 95.8 cm³/mol. The first-order valence-corrected chi connectivity index (χ1v) is 8.73. The topological polar surface area (TPSA) is 78.0 Å². The van der Waals surface area contributed by atoms with E-state index in [1.165, 1.54) is 7.11 Å². The lowest BCUT2D eigenvalue weighted by Gasteiger charge is -2.35. The van der Waals surface area contributed by atoms with Crippen LogP contribution in [0.3, 0.4) is 0 Å². The first-order valence-electron chi connectivity index (χ1n) is 8.73. The minimum atomic E-state index is -0.743. The fourth-order valence-corrected chi connectivity index (χ4v) is 3.02. The Morgan fingerprint density at radius 2 is 2.08 bits per heavy atom. The van der Waals surface area contributed by atoms with Gasteiger partial charge in [0.1, 0.15) is 11.3 Å². The van der Waals surface area contributed by atoms with Crippen LogP contribution >= 0.6 is 0 Å². The van der Waals surface area contributed by atoms with Crippen molar-refractivity contribution in [2.45, 2.75) is 64.8 Å². The van der Waals surface area contributed by atoms with E-state index in [2.05, 4.69) is 4.98 Å². The molecule has 7 nitrogen and oxygen atoms in total. The van der Waals surface area contributed by atoms with Crippen LogP contribution in [0.5, 0.6) is 0 Å². The SMILES string of the molecule is COC(=O)c1ncccc1CC[C@H]1COC(C)(C)N1C(=O)OC(C)(C)C. The smallest absolute Gasteiger partial charge is 0.412 e. The van der Waals surface area contributed by atoms with Gasteiger partial charge in [-0.3, -0.25) is 4.90 Å². The average Bonchev–Trinajstić information content (AvgIpc) is 2.85. The van der Waals surface area contributed by atoms with Gasteiger partial charge >= 0.3 is 12.1 Å². The molecule has 1 aromatic rings. The Balaban J connectivity index is 2.13. The lowest BCUT2D eigenvalue weighted by molar-refractivity contribution is -0.0626. The summed E-state index contributed by atoms with van der Waals surface area (Å²) in [5.74, 6) is -0.465. The van der Waals surface area contributed by atoms with E-state index >= 15 is 0 Å². The van der Waals surface area contributed by atoms with Crippen molar-refractivity contribution < 1.29 is 23.8 Å². The van der Waals surface area contributed by atoms with Gasteiger partial charge in [-0.05, 0) is 59.1 Å². The molecule has 1 aromatic heterocycles. The third kappa shape index (κ3) is 4.72. The van der Waals surface area contributed by atoms with Crippen molar-refractivity contribution in [3.63, 3.8) is 0 Å². The number of hydrogen-bond donors (Lipinski definition) is 0. The minimum absolute atomic E-state index is 0.148. The number of nitrogens with zero attached hydrogens (tertiary/aromatic N) is 2. The van der Waals surface area contributed by atoms with Crippen molar-refractivity contribution >= 4 is 12.1 Å². The predicted octanol–water partition coefficient (Wildman–Crippen LogP) is 3.17. The van der Waals surface area contributed by atoms with Crippen molar-refractivity contribution in [1.29, 1.82) is 0 Å². The van der Waals surface area contributed by atoms with Gasteiger partial charge in [0.05, 0.1) is 19.8 Å². The van der Waals surface area contributed by atoms with Crippen molar-refractivity contribution in [3.05, 3.63) is 29.6 Å². The second kappa shape index (κ2) is 7.61. The molecule has 7 heteroatoms. The number of carbonyl (C=O) groups excluding carboxylic acids is 2. The Kier molecular flexibility index (Phi) is 5.91. The number of ether oxygens (including phenoxy) is 3. The molecule has 1 atom stereocenters. The highest BCUT2D eigenvalue weighted by Crippen LogP contribution is 2.31. The van der Waals surface area contributed by atoms with Crippen molar-refractivity contribution in [2.24, 2.45) is 0 Å². The van der Waals surface area contributed by atoms with Crippen LogP contribution in [-0.2, 0) is 20.6 Å². The summed E-state index contributed by atoms with van der Waals surface area (Å²) in [5.41, 5.74) is -0.236. The molecule has 0 unspecified atom stereocenters. The highest BCUT2D eigenvalue weighted by Gasteiger charge is 2.45. The maximum absolute atomic E-state index is 12.7. The highest BCUT2D eigenvalue weighted by atomic mass is 16.6. The Hall–Kier alpha value is -2.15. The third-order valence-electron chi connectivity index (χ3n) is 4.18. The molecule has 0 N–H and O–H groups in total. The lowest BCUT2D eigenvalue weighted by atomic mass is 10.0. The molecule has 2 rings (SSSR count). The zero-order valence-corrected chi connectivity index (χ0v) is 16.4. The molecule has 1 saturated heterocycles. The first-order chi connectivity index (χ1) is 12.0. The number of amides is 1. The van der Waals surface area contributed by atoms with E-state index in [0.717, 1.165) is 5.56 Å². The molecule has 26 heavy (non-hydrogen) atoms. The monoisotopic (exact) mass is 364 g/mol. The Morgan fingerprint density at radius 3 is 2.69 bits per heavy atom. The van der Waals surface area contributed by atoms with Crippen molar-refractivity contribution in [3.8, 4) is 0 Å². The van der Waals surface area contributed by atoms with E-state index in [0.29, 0.717) is 25.1 Å². The number of hydrogen-bond acceptors (Lipinski definition) is 6. The number of rotatable bonds is 4. The van der Waals surface area contributed by atoms with Crippen LogP contribution in [0.2, 0.25) is 0 Å². The summed E-state index contributed by atoms with van der Waals surface area (Å²) >= 11 is 0. The molecule has 1 aliphatic heterocycles. The largest absolute Gasteiger partial charge is 0.464 e. The van der Waals surface area contributed by atoms with Crippen LogP contribution in [0.25, 0.3) is 0 Å². The highest BCUT2D eigenvalue weighted by molar-refractivity contribution is 5.88. The summed E-state index contributed by atoms with van der Waals surface area (Å²) in [7, 11) is 1.33. The number of pyridine rings is 1. The minimum Gasteiger partial charge on any atom is -0.464 e. The third-order valence-corrected chi connectivity index (χ3v) is 4.18. The van der Waals surface area contributed by atoms with Gasteiger partial charge in [-0.25, -0.2) is 14.6 Å². The van der Waals surface area contributed by atoms with Crippen molar-refractivity contribution in [1.82, 2.24) is 9.88 Å². The van der Waals surface area contributed by atoms with Gasteiger partial charge in [-0.2, -0.15) is 0 Å². The molecule has 0 bridgehead atoms. The van der Waals surface area contributed by atoms with E-state index in [1.807, 2.05) is 40.7 Å². The Labute approximate surface area is 154 Å². The summed E-state index contributed by atoms with van der Waals surface area (Å²) in [5, 5.41) is 0. The molecule has 144 valence electrons. The number of carbonyl (C=O) groups is 2. The van der Waals surface area contributed by atoms with E-state index in [9.17, 15) is 9.59 Å². The Morgan fingerprint density at radius 1 is 1.38 bits per heavy atom. The van der Waals surface area contributed by atoms with E-state index < -0.39 is 23.4 Å². The zero-order valence-electron chi connectivity index (χ0n) is 16.4. The second-order valence-corrected chi connectivity index (χ2v) is 7.80. The summed E-state index contributed by atoms with van der Waals surface area (Å²) < 4.78 is 16.1. The van der Waals surface area contributed by atoms with Crippen LogP contribution in [0.1, 0.15) is 57.1 Å². The summed E-state index contributed by atoms with van der Waals surface area (Å²) in [6.07, 6.45) is 2.36. The quantitative estimate of drug-likeness (QED) is 0.764. The van der Waals surface area contributed by atoms with Crippen molar-refractivity contribution in [2.75, 3.05) is 13.7 Å². The van der Waals surface area contributed by atoms with Crippen LogP contribution in [-0.4, -0.2) is 53.0 Å². The summed E-state index contributed by atoms with van der Waals surface area (Å²) in [6, 6.07) is 3.48. The number of methoxy groups -OCH3 is 1. The molecule has 0 spiro atoms. The average molecular weight is 364 g/mol. The van der Waals surface area contributed by atoms with Crippen LogP contribution in [0.15, 0.2) is 18.3 Å². The lowest BCUT2D eigenvalue weighted by Crippen LogP contribution is -2.50. The molecule has 1 fully saturated rings. The second-order valence-electron chi connectivity index (χ2n) is 7.80. The normalized spacial score (nSPS) is 19.3. The fraction of sp³-hybridized carbons (Fsp3) is 0.632. The fourth-order valence-electron chi connectivity index (χ4n) is 3.02. The first kappa shape index (κ1) is 20.2. The molecular weight excluding hydrogens is 336 g/mol. The molecule has 0 aliphatic carbocycles. The standard InChI is InChI=1S/C19H28N2O5/c1-18(2,3)26-17(23)21-14(12-25-19(21,4)5)10-9-13-8-7-11-20-15(13)16(22)24-6/h7-8,11,14H,9-10,12H2,1-6H3/t14-/m0/s1. The number of aryl methyl sites for hydroxylation is 1. The molecular formula is C19H28N2O5. The number of aromatic nitrogens is 1. The van der Waals surface area contributed by atoms with E-state index in [-0.39, 0.29) is 6.04 Å². The molecule has 1 aliphatic rings. The van der Waals surface area contributed by atoms with Gasteiger partial charge in [0.25, 0.3) is 0 Å². The zero-order chi connectivity index (χ0) is 19.5. The molecule has 0 radical (unpaired) electrons. The molecule has 2 heterocycles. The molecule has 0 aromatic carbocycles. The van der Waals surface area contributed by atoms with Crippen LogP contribution in [0, 0.1) is 0 Å². The van der Waals surface area contributed by atoms with Gasteiger partial charge in [0.2, 0.25) is 0 Å². The Bertz CT molecular complexity index is 666. The van der Waals surface area contributed by atoms with Crippen LogP contribution in [0.4, 0.5) is 4.79 Å². The van der Waals surface area contributed by atoms with Gasteiger partial charge in [-0.1, -0.05) is 6.07 Å². The maximum atomic E-state index is 12.7. The van der Waals surface area contributed by atoms with Gasteiger partial charge in [0.15, 0.2) is 5.69 Å². The van der Waals surface area contributed by atoms with Crippen LogP contribution < -0.4 is 0 Å². The number of esters is 1. The van der Waals surface area contributed by atoms with E-state index in [1.54, 1.807) is 17.2 Å². The maximum Gasteiger partial charge on any atom is 0.412 e. The summed E-state index contributed by atoms with van der Waals surface area (Å²) in [6.45, 7) is 9.62.